The minimum Gasteiger partial charge on any atom is -0.367 e. The van der Waals surface area contributed by atoms with Crippen LogP contribution in [0.15, 0.2) is 112 Å². The number of anilines is 3. The summed E-state index contributed by atoms with van der Waals surface area (Å²) in [6.07, 6.45) is 7.16. The van der Waals surface area contributed by atoms with Gasteiger partial charge in [-0.2, -0.15) is 13.4 Å². The summed E-state index contributed by atoms with van der Waals surface area (Å²) < 4.78 is 38.2. The van der Waals surface area contributed by atoms with E-state index in [-0.39, 0.29) is 51.0 Å². The third kappa shape index (κ3) is 10.8. The van der Waals surface area contributed by atoms with Gasteiger partial charge in [-0.1, -0.05) is 84.4 Å². The number of para-hydroxylation sites is 1. The highest BCUT2D eigenvalue weighted by atomic mass is 35.5. The number of amides is 2. The van der Waals surface area contributed by atoms with Crippen LogP contribution in [0.5, 0.6) is 0 Å². The molecule has 1 aliphatic heterocycles. The molecule has 1 unspecified atom stereocenters. The summed E-state index contributed by atoms with van der Waals surface area (Å²) in [6, 6.07) is 26.2. The highest BCUT2D eigenvalue weighted by Gasteiger charge is 2.41. The molecule has 2 N–H and O–H groups in total. The molecule has 0 saturated heterocycles. The highest BCUT2D eigenvalue weighted by molar-refractivity contribution is 7.90. The summed E-state index contributed by atoms with van der Waals surface area (Å²) >= 11 is 6.57. The molecule has 0 fully saturated rings. The maximum atomic E-state index is 14.9. The molecule has 0 spiro atoms. The number of hydrogen-bond acceptors (Lipinski definition) is 9. The van der Waals surface area contributed by atoms with Crippen molar-refractivity contribution in [3.05, 3.63) is 119 Å². The zero-order valence-electron chi connectivity index (χ0n) is 32.1. The van der Waals surface area contributed by atoms with E-state index in [4.69, 9.17) is 22.8 Å². The molecule has 13 nitrogen and oxygen atoms in total. The lowest BCUT2D eigenvalue weighted by Crippen LogP contribution is -2.46. The zero-order valence-corrected chi connectivity index (χ0v) is 33.7. The van der Waals surface area contributed by atoms with E-state index in [1.807, 2.05) is 30.3 Å². The average Bonchev–Trinajstić information content (AvgIpc) is 3.67. The molecule has 0 saturated carbocycles. The lowest BCUT2D eigenvalue weighted by atomic mass is 10.1. The Bertz CT molecular complexity index is 3200. The second-order valence-corrected chi connectivity index (χ2v) is 14.3. The zero-order chi connectivity index (χ0) is 43.9. The van der Waals surface area contributed by atoms with Gasteiger partial charge in [-0.25, -0.2) is 9.48 Å². The smallest absolute Gasteiger partial charge is 0.352 e. The molecule has 15 heteroatoms. The van der Waals surface area contributed by atoms with Crippen molar-refractivity contribution in [2.45, 2.75) is 24.4 Å². The second-order valence-electron chi connectivity index (χ2n) is 12.3. The summed E-state index contributed by atoms with van der Waals surface area (Å²) in [4.78, 5) is 46.5. The first-order valence-corrected chi connectivity index (χ1v) is 19.7. The average molecular weight is 852 g/mol. The Morgan fingerprint density at radius 1 is 0.790 bits per heavy atom. The Labute approximate surface area is 362 Å². The van der Waals surface area contributed by atoms with E-state index in [0.29, 0.717) is 5.56 Å². The molecule has 0 aliphatic carbocycles. The fourth-order valence-electron chi connectivity index (χ4n) is 5.59. The van der Waals surface area contributed by atoms with Crippen LogP contribution in [0.25, 0.3) is 11.4 Å². The van der Waals surface area contributed by atoms with Gasteiger partial charge in [0.15, 0.2) is 17.7 Å². The summed E-state index contributed by atoms with van der Waals surface area (Å²) in [7, 11) is -4.43. The Balaban J connectivity index is 1.38. The van der Waals surface area contributed by atoms with Crippen LogP contribution in [-0.2, 0) is 30.9 Å². The molecular formula is C47H26ClN7O6S. The Morgan fingerprint density at radius 2 is 1.40 bits per heavy atom. The van der Waals surface area contributed by atoms with E-state index in [0.717, 1.165) is 10.2 Å². The molecule has 6 rings (SSSR count). The van der Waals surface area contributed by atoms with E-state index in [1.165, 1.54) is 31.2 Å². The summed E-state index contributed by atoms with van der Waals surface area (Å²) in [5.74, 6) is 25.8. The fourth-order valence-corrected chi connectivity index (χ4v) is 6.99. The number of aromatic nitrogens is 3. The van der Waals surface area contributed by atoms with Crippen molar-refractivity contribution in [2.24, 2.45) is 4.40 Å². The van der Waals surface area contributed by atoms with Gasteiger partial charge in [0.2, 0.25) is 11.9 Å². The number of carbonyl (C=O) groups excluding carboxylic acids is 3. The summed E-state index contributed by atoms with van der Waals surface area (Å²) in [6.45, 7) is 1.29. The number of fused-ring (bicyclic) bond motifs is 1. The lowest BCUT2D eigenvalue weighted by molar-refractivity contribution is -0.118. The van der Waals surface area contributed by atoms with Crippen LogP contribution in [0.4, 0.5) is 17.3 Å². The molecule has 0 radical (unpaired) electrons. The van der Waals surface area contributed by atoms with Gasteiger partial charge in [0.05, 0.1) is 22.0 Å². The van der Waals surface area contributed by atoms with Gasteiger partial charge in [0.25, 0.3) is 15.9 Å². The van der Waals surface area contributed by atoms with Gasteiger partial charge in [-0.05, 0) is 71.4 Å². The van der Waals surface area contributed by atoms with E-state index in [1.54, 1.807) is 53.4 Å². The first-order chi connectivity index (χ1) is 30.1. The molecule has 2 heterocycles. The van der Waals surface area contributed by atoms with E-state index in [2.05, 4.69) is 102 Å². The molecule has 0 bridgehead atoms. The van der Waals surface area contributed by atoms with Crippen LogP contribution in [0.2, 0.25) is 5.02 Å². The Kier molecular flexibility index (Phi) is 13.9. The molecule has 62 heavy (non-hydrogen) atoms. The van der Waals surface area contributed by atoms with Gasteiger partial charge < -0.3 is 15.0 Å². The van der Waals surface area contributed by atoms with Gasteiger partial charge in [0.1, 0.15) is 11.0 Å². The van der Waals surface area contributed by atoms with Crippen molar-refractivity contribution in [2.75, 3.05) is 15.5 Å². The topological polar surface area (TPSA) is 165 Å². The summed E-state index contributed by atoms with van der Waals surface area (Å²) in [5, 5.41) is 9.93. The molecule has 5 aromatic rings. The minimum atomic E-state index is -4.43. The van der Waals surface area contributed by atoms with Crippen LogP contribution in [0.1, 0.15) is 28.9 Å². The van der Waals surface area contributed by atoms with E-state index >= 15 is 0 Å². The van der Waals surface area contributed by atoms with Crippen molar-refractivity contribution in [1.29, 1.82) is 0 Å². The van der Waals surface area contributed by atoms with Crippen LogP contribution in [-0.4, -0.2) is 46.8 Å². The third-order valence-corrected chi connectivity index (χ3v) is 9.81. The highest BCUT2D eigenvalue weighted by Crippen LogP contribution is 2.37. The SMILES string of the molecule is C#CC#CC#CC#CC#CC#CC#COC(=O)c1ccc(Cl)c(NC(=O)C(C2=NS(=O)(=O)c3ccccc3N2Cc2ccccc2)n2nc(-c3ccccc3)nc2NC(C)=O)c1. The predicted octanol–water partition coefficient (Wildman–Crippen LogP) is 5.31. The molecule has 1 aliphatic rings. The Hall–Kier alpha value is -8.94. The predicted molar refractivity (Wildman–Crippen MR) is 233 cm³/mol. The second kappa shape index (κ2) is 20.2. The van der Waals surface area contributed by atoms with Gasteiger partial charge >= 0.3 is 5.97 Å². The maximum absolute atomic E-state index is 14.9. The number of nitrogens with one attached hydrogen (secondary N) is 2. The Morgan fingerprint density at radius 3 is 2.06 bits per heavy atom. The number of nitrogens with zero attached hydrogens (tertiary/aromatic N) is 5. The van der Waals surface area contributed by atoms with Gasteiger partial charge in [-0.15, -0.1) is 15.9 Å². The fraction of sp³-hybridized carbons (Fsp3) is 0.0638. The first-order valence-electron chi connectivity index (χ1n) is 17.9. The van der Waals surface area contributed by atoms with Crippen molar-refractivity contribution in [3.63, 3.8) is 0 Å². The molecule has 298 valence electrons. The minimum absolute atomic E-state index is 0.00547. The number of terminal acetylenes is 1. The standard InChI is InChI=1S/C47H26ClN7O6S/c1-3-4-5-6-7-8-9-10-11-12-13-22-31-61-46(58)37-29-30-38(48)39(32-37)50-45(57)42(55-47(49-34(2)56)51-43(52-55)36-25-18-15-19-26-36)44-53-62(59,60)41-28-21-20-27-40(41)54(44)33-35-23-16-14-17-24-35/h1,14-21,23-30,32,42H,33H2,2H3,(H,50,57)(H,49,51,52,56). The molecule has 2 amide bonds. The lowest BCUT2D eigenvalue weighted by Gasteiger charge is -2.34. The van der Waals surface area contributed by atoms with Gasteiger partial charge in [-0.3, -0.25) is 14.9 Å². The number of ether oxygens (including phenoxy) is 1. The van der Waals surface area contributed by atoms with Crippen LogP contribution in [0, 0.1) is 83.6 Å². The number of carbonyl (C=O) groups is 3. The number of amidine groups is 1. The third-order valence-electron chi connectivity index (χ3n) is 8.15. The molecular weight excluding hydrogens is 826 g/mol. The van der Waals surface area contributed by atoms with Crippen LogP contribution < -0.4 is 15.5 Å². The van der Waals surface area contributed by atoms with Crippen molar-refractivity contribution in [1.82, 2.24) is 14.8 Å². The normalized spacial score (nSPS) is 11.8. The number of sulfonamides is 1. The number of halogens is 1. The monoisotopic (exact) mass is 851 g/mol. The van der Waals surface area contributed by atoms with Crippen molar-refractivity contribution < 1.29 is 27.5 Å². The first kappa shape index (κ1) is 42.7. The number of rotatable bonds is 9. The van der Waals surface area contributed by atoms with Crippen molar-refractivity contribution in [3.8, 4) is 95.0 Å². The number of esters is 1. The number of hydrogen-bond donors (Lipinski definition) is 2. The quantitative estimate of drug-likeness (QED) is 0.148. The van der Waals surface area contributed by atoms with Crippen LogP contribution >= 0.6 is 11.6 Å². The largest absolute Gasteiger partial charge is 0.367 e. The molecule has 1 atom stereocenters. The molecule has 1 aromatic heterocycles. The maximum Gasteiger partial charge on any atom is 0.352 e. The van der Waals surface area contributed by atoms with Crippen molar-refractivity contribution >= 4 is 62.6 Å². The van der Waals surface area contributed by atoms with Gasteiger partial charge in [0, 0.05) is 54.6 Å². The van der Waals surface area contributed by atoms with E-state index in [9.17, 15) is 22.8 Å². The van der Waals surface area contributed by atoms with E-state index < -0.39 is 33.8 Å². The number of benzene rings is 4. The van der Waals surface area contributed by atoms with Crippen LogP contribution in [0.3, 0.4) is 0 Å². The summed E-state index contributed by atoms with van der Waals surface area (Å²) in [5.41, 5.74) is 1.35. The molecule has 4 aromatic carbocycles.